The van der Waals surface area contributed by atoms with Crippen LogP contribution < -0.4 is 10.6 Å². The van der Waals surface area contributed by atoms with Gasteiger partial charge in [0.2, 0.25) is 17.6 Å². The maximum absolute atomic E-state index is 12.9. The normalized spacial score (nSPS) is 15.7. The highest BCUT2D eigenvalue weighted by Crippen LogP contribution is 2.43. The molecule has 0 spiro atoms. The molecule has 0 aromatic carbocycles. The highest BCUT2D eigenvalue weighted by molar-refractivity contribution is 5.94. The number of carbonyl (C=O) groups is 2. The molecule has 0 saturated heterocycles. The van der Waals surface area contributed by atoms with Gasteiger partial charge >= 0.3 is 6.18 Å². The minimum atomic E-state index is -4.38. The van der Waals surface area contributed by atoms with E-state index in [0.29, 0.717) is 17.2 Å². The van der Waals surface area contributed by atoms with Crippen LogP contribution in [0.1, 0.15) is 53.1 Å². The van der Waals surface area contributed by atoms with E-state index >= 15 is 0 Å². The first kappa shape index (κ1) is 24.5. The molecule has 1 aliphatic rings. The van der Waals surface area contributed by atoms with E-state index in [9.17, 15) is 31.5 Å². The second-order valence-electron chi connectivity index (χ2n) is 8.44. The Kier molecular flexibility index (Phi) is 6.72. The number of alkyl halides is 5. The number of hydrogen-bond acceptors (Lipinski definition) is 6. The first-order chi connectivity index (χ1) is 16.5. The predicted octanol–water partition coefficient (Wildman–Crippen LogP) is 3.19. The number of hydrogen-bond donors (Lipinski definition) is 2. The van der Waals surface area contributed by atoms with Crippen LogP contribution in [0.3, 0.4) is 0 Å². The molecule has 3 aromatic rings. The fourth-order valence-corrected chi connectivity index (χ4v) is 3.75. The molecule has 2 amide bonds. The van der Waals surface area contributed by atoms with Crippen molar-refractivity contribution in [2.75, 3.05) is 0 Å². The van der Waals surface area contributed by atoms with Gasteiger partial charge in [0, 0.05) is 44.5 Å². The van der Waals surface area contributed by atoms with E-state index in [0.717, 1.165) is 6.26 Å². The van der Waals surface area contributed by atoms with Crippen LogP contribution in [0.5, 0.6) is 0 Å². The van der Waals surface area contributed by atoms with Gasteiger partial charge in [-0.1, -0.05) is 5.16 Å². The number of aryl methyl sites for hydroxylation is 1. The number of imidazole rings is 1. The second kappa shape index (κ2) is 9.58. The zero-order chi connectivity index (χ0) is 25.2. The number of nitrogens with zero attached hydrogens (tertiary/aromatic N) is 4. The van der Waals surface area contributed by atoms with Crippen molar-refractivity contribution in [3.8, 4) is 0 Å². The van der Waals surface area contributed by atoms with Crippen LogP contribution >= 0.6 is 0 Å². The first-order valence-electron chi connectivity index (χ1n) is 10.7. The van der Waals surface area contributed by atoms with E-state index < -0.39 is 30.8 Å². The van der Waals surface area contributed by atoms with Gasteiger partial charge in [-0.2, -0.15) is 13.2 Å². The number of rotatable bonds is 9. The van der Waals surface area contributed by atoms with E-state index in [1.807, 2.05) is 0 Å². The van der Waals surface area contributed by atoms with E-state index in [2.05, 4.69) is 30.3 Å². The monoisotopic (exact) mass is 500 g/mol. The molecule has 2 N–H and O–H groups in total. The zero-order valence-electron chi connectivity index (χ0n) is 18.2. The van der Waals surface area contributed by atoms with Crippen LogP contribution in [-0.4, -0.2) is 43.4 Å². The molecule has 14 heteroatoms. The Morgan fingerprint density at radius 2 is 1.86 bits per heavy atom. The summed E-state index contributed by atoms with van der Waals surface area (Å²) in [6.07, 6.45) is -2.24. The Balaban J connectivity index is 1.29. The smallest absolute Gasteiger partial charge is 0.364 e. The summed E-state index contributed by atoms with van der Waals surface area (Å²) in [5.41, 5.74) is 0.769. The molecule has 35 heavy (non-hydrogen) atoms. The molecule has 0 unspecified atom stereocenters. The largest absolute Gasteiger partial charge is 0.389 e. The Bertz CT molecular complexity index is 1210. The molecule has 4 rings (SSSR count). The number of fused-ring (bicyclic) bond motifs is 1. The summed E-state index contributed by atoms with van der Waals surface area (Å²) in [5.74, 6) is -3.66. The third kappa shape index (κ3) is 6.51. The standard InChI is InChI=1S/C21H21F5N6O3/c22-20(23)6-12(7-20)5-17(33)27-8-13-2-4-32-10-14(30-19(32)29-13)9-28-18(34)15-11-35-31-16(15)1-3-21(24,25)26/h2,4,10-12H,1,3,5-9H2,(H,27,33)(H,28,34). The van der Waals surface area contributed by atoms with Crippen LogP contribution in [0.25, 0.3) is 5.78 Å². The Morgan fingerprint density at radius 1 is 1.14 bits per heavy atom. The molecule has 0 bridgehead atoms. The molecule has 1 aliphatic carbocycles. The molecule has 1 saturated carbocycles. The van der Waals surface area contributed by atoms with Gasteiger partial charge in [0.25, 0.3) is 5.91 Å². The molecule has 9 nitrogen and oxygen atoms in total. The lowest BCUT2D eigenvalue weighted by Crippen LogP contribution is -2.38. The van der Waals surface area contributed by atoms with Crippen molar-refractivity contribution in [3.63, 3.8) is 0 Å². The average molecular weight is 500 g/mol. The summed E-state index contributed by atoms with van der Waals surface area (Å²) in [7, 11) is 0. The van der Waals surface area contributed by atoms with Crippen molar-refractivity contribution in [1.29, 1.82) is 0 Å². The highest BCUT2D eigenvalue weighted by Gasteiger charge is 2.45. The van der Waals surface area contributed by atoms with Gasteiger partial charge < -0.3 is 15.2 Å². The third-order valence-electron chi connectivity index (χ3n) is 5.51. The summed E-state index contributed by atoms with van der Waals surface area (Å²) < 4.78 is 69.3. The number of halogens is 5. The average Bonchev–Trinajstić information content (AvgIpc) is 3.39. The van der Waals surface area contributed by atoms with E-state index in [4.69, 9.17) is 0 Å². The lowest BCUT2D eigenvalue weighted by molar-refractivity contribution is -0.135. The molecule has 3 aromatic heterocycles. The first-order valence-corrected chi connectivity index (χ1v) is 10.7. The van der Waals surface area contributed by atoms with E-state index in [1.165, 1.54) is 0 Å². The van der Waals surface area contributed by atoms with Crippen LogP contribution in [0, 0.1) is 5.92 Å². The molecule has 3 heterocycles. The summed E-state index contributed by atoms with van der Waals surface area (Å²) in [4.78, 5) is 32.9. The Hall–Kier alpha value is -3.58. The quantitative estimate of drug-likeness (QED) is 0.436. The molecular weight excluding hydrogens is 479 g/mol. The van der Waals surface area contributed by atoms with Gasteiger partial charge in [-0.15, -0.1) is 0 Å². The van der Waals surface area contributed by atoms with Crippen LogP contribution in [0.15, 0.2) is 29.2 Å². The second-order valence-corrected chi connectivity index (χ2v) is 8.44. The van der Waals surface area contributed by atoms with Gasteiger partial charge in [0.05, 0.1) is 30.2 Å². The lowest BCUT2D eigenvalue weighted by atomic mass is 9.79. The van der Waals surface area contributed by atoms with Gasteiger partial charge in [-0.05, 0) is 12.0 Å². The van der Waals surface area contributed by atoms with Crippen LogP contribution in [0.2, 0.25) is 0 Å². The Labute approximate surface area is 195 Å². The SMILES string of the molecule is O=C(CC1CC(F)(F)C1)NCc1ccn2cc(CNC(=O)c3conc3CCC(F)(F)F)nc2n1. The van der Waals surface area contributed by atoms with Crippen LogP contribution in [-0.2, 0) is 24.3 Å². The summed E-state index contributed by atoms with van der Waals surface area (Å²) in [6, 6.07) is 1.65. The topological polar surface area (TPSA) is 114 Å². The molecule has 188 valence electrons. The van der Waals surface area contributed by atoms with E-state index in [-0.39, 0.29) is 55.4 Å². The van der Waals surface area contributed by atoms with Crippen molar-refractivity contribution < 1.29 is 36.1 Å². The fraction of sp³-hybridized carbons (Fsp3) is 0.476. The van der Waals surface area contributed by atoms with Gasteiger partial charge in [0.1, 0.15) is 11.8 Å². The van der Waals surface area contributed by atoms with Crippen LogP contribution in [0.4, 0.5) is 22.0 Å². The number of nitrogens with one attached hydrogen (secondary N) is 2. The number of aromatic nitrogens is 4. The highest BCUT2D eigenvalue weighted by atomic mass is 19.4. The third-order valence-corrected chi connectivity index (χ3v) is 5.51. The molecule has 0 aliphatic heterocycles. The van der Waals surface area contributed by atoms with Gasteiger partial charge in [0.15, 0.2) is 0 Å². The molecule has 0 radical (unpaired) electrons. The lowest BCUT2D eigenvalue weighted by Gasteiger charge is -2.34. The number of amides is 2. The summed E-state index contributed by atoms with van der Waals surface area (Å²) in [6.45, 7) is 0.0791. The van der Waals surface area contributed by atoms with Crippen molar-refractivity contribution in [2.45, 2.75) is 57.3 Å². The zero-order valence-corrected chi connectivity index (χ0v) is 18.2. The van der Waals surface area contributed by atoms with E-state index in [1.54, 1.807) is 22.9 Å². The maximum Gasteiger partial charge on any atom is 0.389 e. The van der Waals surface area contributed by atoms with Crippen molar-refractivity contribution in [2.24, 2.45) is 5.92 Å². The van der Waals surface area contributed by atoms with Crippen molar-refractivity contribution in [1.82, 2.24) is 30.2 Å². The number of carbonyl (C=O) groups excluding carboxylic acids is 2. The minimum Gasteiger partial charge on any atom is -0.364 e. The molecule has 1 fully saturated rings. The van der Waals surface area contributed by atoms with Crippen molar-refractivity contribution in [3.05, 3.63) is 47.4 Å². The maximum atomic E-state index is 12.9. The van der Waals surface area contributed by atoms with Crippen molar-refractivity contribution >= 4 is 17.6 Å². The minimum absolute atomic E-state index is 0.0236. The fourth-order valence-electron chi connectivity index (χ4n) is 3.75. The van der Waals surface area contributed by atoms with Gasteiger partial charge in [-0.3, -0.25) is 14.0 Å². The van der Waals surface area contributed by atoms with Gasteiger partial charge in [-0.25, -0.2) is 18.7 Å². The molecular formula is C21H21F5N6O3. The molecule has 0 atom stereocenters. The summed E-state index contributed by atoms with van der Waals surface area (Å²) >= 11 is 0. The Morgan fingerprint density at radius 3 is 2.57 bits per heavy atom. The predicted molar refractivity (Wildman–Crippen MR) is 109 cm³/mol. The summed E-state index contributed by atoms with van der Waals surface area (Å²) in [5, 5.41) is 8.68.